The quantitative estimate of drug-likeness (QED) is 0.748. The summed E-state index contributed by atoms with van der Waals surface area (Å²) in [4.78, 5) is 7.96. The first kappa shape index (κ1) is 13.6. The molecule has 2 rings (SSSR count). The molecule has 0 atom stereocenters. The zero-order valence-corrected chi connectivity index (χ0v) is 11.1. The van der Waals surface area contributed by atoms with Crippen LogP contribution in [0.1, 0.15) is 16.8 Å². The van der Waals surface area contributed by atoms with Crippen molar-refractivity contribution in [2.45, 2.75) is 20.1 Å². The van der Waals surface area contributed by atoms with E-state index in [1.54, 1.807) is 31.5 Å². The highest BCUT2D eigenvalue weighted by molar-refractivity contribution is 6.31. The summed E-state index contributed by atoms with van der Waals surface area (Å²) in [6.45, 7) is 1.85. The van der Waals surface area contributed by atoms with Gasteiger partial charge < -0.3 is 15.5 Å². The number of hydrogen-bond donors (Lipinski definition) is 3. The fourth-order valence-corrected chi connectivity index (χ4v) is 1.91. The van der Waals surface area contributed by atoms with Crippen molar-refractivity contribution in [3.8, 4) is 5.75 Å². The summed E-state index contributed by atoms with van der Waals surface area (Å²) in [5.41, 5.74) is 2.37. The van der Waals surface area contributed by atoms with Crippen molar-refractivity contribution in [1.82, 2.24) is 9.97 Å². The molecule has 3 N–H and O–H groups in total. The molecule has 100 valence electrons. The molecule has 0 saturated heterocycles. The van der Waals surface area contributed by atoms with Gasteiger partial charge in [-0.15, -0.1) is 0 Å². The third-order valence-electron chi connectivity index (χ3n) is 2.82. The van der Waals surface area contributed by atoms with E-state index in [9.17, 15) is 10.2 Å². The molecule has 5 nitrogen and oxygen atoms in total. The standard InChI is InChI=1S/C13H14ClN3O2/c1-8-12(19)10(9(7-18)5-16-8)6-17-11-3-2-4-15-13(11)14/h2-5,17-19H,6-7H2,1H3. The molecular formula is C13H14ClN3O2. The zero-order valence-electron chi connectivity index (χ0n) is 10.4. The van der Waals surface area contributed by atoms with E-state index in [4.69, 9.17) is 11.6 Å². The summed E-state index contributed by atoms with van der Waals surface area (Å²) in [5, 5.41) is 22.7. The van der Waals surface area contributed by atoms with Crippen LogP contribution in [-0.4, -0.2) is 20.2 Å². The van der Waals surface area contributed by atoms with Gasteiger partial charge >= 0.3 is 0 Å². The van der Waals surface area contributed by atoms with Crippen LogP contribution < -0.4 is 5.32 Å². The minimum Gasteiger partial charge on any atom is -0.506 e. The number of pyridine rings is 2. The maximum absolute atomic E-state index is 9.99. The second kappa shape index (κ2) is 5.86. The molecule has 0 aliphatic rings. The Hall–Kier alpha value is -1.85. The minimum atomic E-state index is -0.182. The highest BCUT2D eigenvalue weighted by Gasteiger charge is 2.11. The third-order valence-corrected chi connectivity index (χ3v) is 3.12. The van der Waals surface area contributed by atoms with Crippen molar-refractivity contribution in [1.29, 1.82) is 0 Å². The lowest BCUT2D eigenvalue weighted by atomic mass is 10.1. The Morgan fingerprint density at radius 1 is 1.37 bits per heavy atom. The monoisotopic (exact) mass is 279 g/mol. The van der Waals surface area contributed by atoms with Gasteiger partial charge in [0.2, 0.25) is 0 Å². The van der Waals surface area contributed by atoms with Crippen molar-refractivity contribution in [2.24, 2.45) is 0 Å². The van der Waals surface area contributed by atoms with Crippen LogP contribution in [0, 0.1) is 6.92 Å². The Bertz CT molecular complexity index is 590. The van der Waals surface area contributed by atoms with Gasteiger partial charge in [-0.25, -0.2) is 4.98 Å². The van der Waals surface area contributed by atoms with Crippen LogP contribution in [-0.2, 0) is 13.2 Å². The molecule has 0 spiro atoms. The molecule has 0 unspecified atom stereocenters. The van der Waals surface area contributed by atoms with Gasteiger partial charge in [-0.1, -0.05) is 11.6 Å². The van der Waals surface area contributed by atoms with E-state index < -0.39 is 0 Å². The number of aliphatic hydroxyl groups is 1. The summed E-state index contributed by atoms with van der Waals surface area (Å²) in [7, 11) is 0. The SMILES string of the molecule is Cc1ncc(CO)c(CNc2cccnc2Cl)c1O. The number of aliphatic hydroxyl groups excluding tert-OH is 1. The number of hydrogen-bond acceptors (Lipinski definition) is 5. The maximum atomic E-state index is 9.99. The number of aryl methyl sites for hydroxylation is 1. The second-order valence-electron chi connectivity index (χ2n) is 4.05. The predicted octanol–water partition coefficient (Wildman–Crippen LogP) is 2.25. The van der Waals surface area contributed by atoms with Crippen LogP contribution in [0.25, 0.3) is 0 Å². The summed E-state index contributed by atoms with van der Waals surface area (Å²) in [5.74, 6) is 0.0825. The van der Waals surface area contributed by atoms with Crippen LogP contribution in [0.5, 0.6) is 5.75 Å². The van der Waals surface area contributed by atoms with Gasteiger partial charge in [0.15, 0.2) is 5.15 Å². The van der Waals surface area contributed by atoms with Crippen LogP contribution >= 0.6 is 11.6 Å². The number of nitrogens with zero attached hydrogens (tertiary/aromatic N) is 2. The third kappa shape index (κ3) is 2.94. The average molecular weight is 280 g/mol. The molecule has 0 amide bonds. The molecule has 19 heavy (non-hydrogen) atoms. The molecule has 0 saturated carbocycles. The van der Waals surface area contributed by atoms with E-state index in [2.05, 4.69) is 15.3 Å². The van der Waals surface area contributed by atoms with E-state index in [1.807, 2.05) is 0 Å². The molecule has 0 bridgehead atoms. The lowest BCUT2D eigenvalue weighted by Gasteiger charge is -2.13. The van der Waals surface area contributed by atoms with Gasteiger partial charge in [-0.05, 0) is 19.1 Å². The Morgan fingerprint density at radius 2 is 2.16 bits per heavy atom. The first-order valence-corrected chi connectivity index (χ1v) is 6.13. The molecule has 0 aromatic carbocycles. The van der Waals surface area contributed by atoms with E-state index >= 15 is 0 Å². The van der Waals surface area contributed by atoms with Crippen molar-refractivity contribution in [2.75, 3.05) is 5.32 Å². The second-order valence-corrected chi connectivity index (χ2v) is 4.41. The average Bonchev–Trinajstić information content (AvgIpc) is 2.42. The first-order valence-electron chi connectivity index (χ1n) is 5.75. The van der Waals surface area contributed by atoms with Crippen molar-refractivity contribution >= 4 is 17.3 Å². The van der Waals surface area contributed by atoms with Gasteiger partial charge in [-0.2, -0.15) is 0 Å². The number of rotatable bonds is 4. The molecule has 0 radical (unpaired) electrons. The predicted molar refractivity (Wildman–Crippen MR) is 73.1 cm³/mol. The van der Waals surface area contributed by atoms with Crippen molar-refractivity contribution in [3.05, 3.63) is 46.5 Å². The Balaban J connectivity index is 2.24. The Labute approximate surface area is 115 Å². The fourth-order valence-electron chi connectivity index (χ4n) is 1.72. The van der Waals surface area contributed by atoms with E-state index in [0.717, 1.165) is 0 Å². The zero-order chi connectivity index (χ0) is 13.8. The van der Waals surface area contributed by atoms with E-state index in [1.165, 1.54) is 0 Å². The highest BCUT2D eigenvalue weighted by Crippen LogP contribution is 2.26. The number of aromatic nitrogens is 2. The molecule has 2 aromatic rings. The van der Waals surface area contributed by atoms with E-state index in [-0.39, 0.29) is 12.4 Å². The van der Waals surface area contributed by atoms with Crippen LogP contribution in [0.3, 0.4) is 0 Å². The summed E-state index contributed by atoms with van der Waals surface area (Å²) >= 11 is 5.94. The smallest absolute Gasteiger partial charge is 0.152 e. The number of nitrogens with one attached hydrogen (secondary N) is 1. The van der Waals surface area contributed by atoms with Gasteiger partial charge in [0.05, 0.1) is 18.0 Å². The number of halogens is 1. The normalized spacial score (nSPS) is 10.5. The van der Waals surface area contributed by atoms with Crippen LogP contribution in [0.15, 0.2) is 24.5 Å². The van der Waals surface area contributed by atoms with Crippen molar-refractivity contribution < 1.29 is 10.2 Å². The lowest BCUT2D eigenvalue weighted by Crippen LogP contribution is -2.06. The summed E-state index contributed by atoms with van der Waals surface area (Å²) in [6.07, 6.45) is 3.15. The number of anilines is 1. The fraction of sp³-hybridized carbons (Fsp3) is 0.231. The van der Waals surface area contributed by atoms with Gasteiger partial charge in [0.25, 0.3) is 0 Å². The molecule has 0 fully saturated rings. The highest BCUT2D eigenvalue weighted by atomic mass is 35.5. The molecule has 2 aromatic heterocycles. The van der Waals surface area contributed by atoms with Crippen LogP contribution in [0.4, 0.5) is 5.69 Å². The van der Waals surface area contributed by atoms with Gasteiger partial charge in [0, 0.05) is 30.1 Å². The Kier molecular flexibility index (Phi) is 4.19. The molecule has 0 aliphatic carbocycles. The van der Waals surface area contributed by atoms with Gasteiger partial charge in [0.1, 0.15) is 5.75 Å². The summed E-state index contributed by atoms with van der Waals surface area (Å²) < 4.78 is 0. The van der Waals surface area contributed by atoms with Crippen molar-refractivity contribution in [3.63, 3.8) is 0 Å². The molecule has 2 heterocycles. The summed E-state index contributed by atoms with van der Waals surface area (Å²) in [6, 6.07) is 3.55. The maximum Gasteiger partial charge on any atom is 0.152 e. The van der Waals surface area contributed by atoms with E-state index in [0.29, 0.717) is 34.2 Å². The molecule has 6 heteroatoms. The topological polar surface area (TPSA) is 78.3 Å². The van der Waals surface area contributed by atoms with Gasteiger partial charge in [-0.3, -0.25) is 4.98 Å². The molecule has 0 aliphatic heterocycles. The lowest BCUT2D eigenvalue weighted by molar-refractivity contribution is 0.279. The largest absolute Gasteiger partial charge is 0.506 e. The Morgan fingerprint density at radius 3 is 2.84 bits per heavy atom. The molecular weight excluding hydrogens is 266 g/mol. The van der Waals surface area contributed by atoms with Crippen LogP contribution in [0.2, 0.25) is 5.15 Å². The first-order chi connectivity index (χ1) is 9.13. The minimum absolute atomic E-state index is 0.0825. The number of aromatic hydroxyl groups is 1.